The summed E-state index contributed by atoms with van der Waals surface area (Å²) in [6, 6.07) is 6.55. The maximum Gasteiger partial charge on any atom is 0.291 e. The third-order valence-corrected chi connectivity index (χ3v) is 5.77. The van der Waals surface area contributed by atoms with Crippen LogP contribution in [0, 0.1) is 11.6 Å². The number of nitrogens with zero attached hydrogens (tertiary/aromatic N) is 4. The predicted molar refractivity (Wildman–Crippen MR) is 109 cm³/mol. The number of benzene rings is 2. The molecule has 1 saturated heterocycles. The Morgan fingerprint density at radius 2 is 1.87 bits per heavy atom. The Morgan fingerprint density at radius 3 is 2.55 bits per heavy atom. The fourth-order valence-electron chi connectivity index (χ4n) is 3.40. The van der Waals surface area contributed by atoms with Gasteiger partial charge in [0.05, 0.1) is 52.8 Å². The number of rotatable bonds is 3. The van der Waals surface area contributed by atoms with Crippen molar-refractivity contribution >= 4 is 34.8 Å². The van der Waals surface area contributed by atoms with Gasteiger partial charge in [0.1, 0.15) is 11.6 Å². The molecule has 1 N–H and O–H groups in total. The minimum Gasteiger partial charge on any atom is -0.377 e. The zero-order chi connectivity index (χ0) is 21.7. The van der Waals surface area contributed by atoms with Crippen LogP contribution in [-0.2, 0) is 11.3 Å². The van der Waals surface area contributed by atoms with Gasteiger partial charge in [0.15, 0.2) is 5.82 Å². The number of halogens is 4. The molecule has 3 heterocycles. The largest absolute Gasteiger partial charge is 0.377 e. The summed E-state index contributed by atoms with van der Waals surface area (Å²) in [5.41, 5.74) is 0.202. The minimum atomic E-state index is -0.795. The standard InChI is InChI=1S/C20H13Cl2F2N5O2/c21-10-4-5-13-16(17(10)22)18(15-11(23)2-1-3-12(15)24)25-6-14-27-19(28-29(13)14)20(30)26-9-7-31-8-9/h1-5,9H,6-8H2,(H,26,30). The van der Waals surface area contributed by atoms with Gasteiger partial charge >= 0.3 is 0 Å². The summed E-state index contributed by atoms with van der Waals surface area (Å²) in [5.74, 6) is -1.80. The number of carbonyl (C=O) groups is 1. The number of amides is 1. The minimum absolute atomic E-state index is 0.0111. The normalized spacial score (nSPS) is 15.4. The highest BCUT2D eigenvalue weighted by Gasteiger charge is 2.30. The van der Waals surface area contributed by atoms with E-state index in [9.17, 15) is 13.6 Å². The van der Waals surface area contributed by atoms with E-state index in [0.29, 0.717) is 24.7 Å². The van der Waals surface area contributed by atoms with Crippen LogP contribution in [0.3, 0.4) is 0 Å². The van der Waals surface area contributed by atoms with E-state index in [2.05, 4.69) is 20.4 Å². The quantitative estimate of drug-likeness (QED) is 0.645. The van der Waals surface area contributed by atoms with Gasteiger partial charge in [-0.2, -0.15) is 0 Å². The van der Waals surface area contributed by atoms with Crippen molar-refractivity contribution < 1.29 is 18.3 Å². The first-order valence-corrected chi connectivity index (χ1v) is 10.0. The molecule has 0 saturated carbocycles. The van der Waals surface area contributed by atoms with E-state index in [-0.39, 0.29) is 45.3 Å². The number of fused-ring (bicyclic) bond motifs is 3. The van der Waals surface area contributed by atoms with Crippen molar-refractivity contribution in [3.05, 3.63) is 74.8 Å². The lowest BCUT2D eigenvalue weighted by molar-refractivity contribution is -0.00364. The molecule has 0 unspecified atom stereocenters. The van der Waals surface area contributed by atoms with Gasteiger partial charge in [-0.3, -0.25) is 9.79 Å². The van der Waals surface area contributed by atoms with Crippen LogP contribution in [0.1, 0.15) is 27.6 Å². The first-order valence-electron chi connectivity index (χ1n) is 9.26. The van der Waals surface area contributed by atoms with Crippen LogP contribution in [0.15, 0.2) is 35.3 Å². The molecule has 31 heavy (non-hydrogen) atoms. The summed E-state index contributed by atoms with van der Waals surface area (Å²) >= 11 is 12.6. The van der Waals surface area contributed by atoms with Gasteiger partial charge in [0.2, 0.25) is 5.82 Å². The molecule has 7 nitrogen and oxygen atoms in total. The molecule has 158 valence electrons. The highest BCUT2D eigenvalue weighted by molar-refractivity contribution is 6.45. The van der Waals surface area contributed by atoms with Crippen molar-refractivity contribution in [1.29, 1.82) is 0 Å². The Morgan fingerprint density at radius 1 is 1.13 bits per heavy atom. The average Bonchev–Trinajstić information content (AvgIpc) is 3.07. The van der Waals surface area contributed by atoms with Gasteiger partial charge in [-0.15, -0.1) is 5.10 Å². The topological polar surface area (TPSA) is 81.4 Å². The second-order valence-corrected chi connectivity index (χ2v) is 7.77. The molecule has 0 bridgehead atoms. The molecule has 2 aliphatic heterocycles. The van der Waals surface area contributed by atoms with Crippen molar-refractivity contribution in [2.45, 2.75) is 12.6 Å². The molecule has 0 radical (unpaired) electrons. The van der Waals surface area contributed by atoms with E-state index in [4.69, 9.17) is 27.9 Å². The summed E-state index contributed by atoms with van der Waals surface area (Å²) in [4.78, 5) is 21.1. The summed E-state index contributed by atoms with van der Waals surface area (Å²) < 4.78 is 35.6. The van der Waals surface area contributed by atoms with Crippen molar-refractivity contribution in [2.75, 3.05) is 13.2 Å². The van der Waals surface area contributed by atoms with Gasteiger partial charge in [0.25, 0.3) is 5.91 Å². The van der Waals surface area contributed by atoms with E-state index in [0.717, 1.165) is 12.1 Å². The van der Waals surface area contributed by atoms with E-state index in [1.807, 2.05) is 0 Å². The monoisotopic (exact) mass is 463 g/mol. The Kier molecular flexibility index (Phi) is 4.96. The third kappa shape index (κ3) is 3.38. The predicted octanol–water partition coefficient (Wildman–Crippen LogP) is 3.33. The van der Waals surface area contributed by atoms with Gasteiger partial charge in [-0.05, 0) is 24.3 Å². The fourth-order valence-corrected chi connectivity index (χ4v) is 3.81. The van der Waals surface area contributed by atoms with E-state index < -0.39 is 17.5 Å². The molecule has 3 aromatic rings. The zero-order valence-corrected chi connectivity index (χ0v) is 17.2. The van der Waals surface area contributed by atoms with Gasteiger partial charge in [0, 0.05) is 5.56 Å². The lowest BCUT2D eigenvalue weighted by Crippen LogP contribution is -2.48. The van der Waals surface area contributed by atoms with Crippen LogP contribution in [0.2, 0.25) is 10.0 Å². The summed E-state index contributed by atoms with van der Waals surface area (Å²) in [7, 11) is 0. The molecular formula is C20H13Cl2F2N5O2. The molecule has 1 aromatic heterocycles. The molecule has 0 atom stereocenters. The molecular weight excluding hydrogens is 451 g/mol. The summed E-state index contributed by atoms with van der Waals surface area (Å²) in [6.45, 7) is 0.773. The number of aromatic nitrogens is 3. The van der Waals surface area contributed by atoms with Crippen LogP contribution < -0.4 is 5.32 Å². The van der Waals surface area contributed by atoms with E-state index in [1.165, 1.54) is 16.8 Å². The second-order valence-electron chi connectivity index (χ2n) is 6.99. The maximum absolute atomic E-state index is 14.6. The van der Waals surface area contributed by atoms with E-state index >= 15 is 0 Å². The molecule has 1 fully saturated rings. The lowest BCUT2D eigenvalue weighted by Gasteiger charge is -2.26. The second kappa shape index (κ2) is 7.67. The Hall–Kier alpha value is -2.88. The smallest absolute Gasteiger partial charge is 0.291 e. The highest BCUT2D eigenvalue weighted by Crippen LogP contribution is 2.35. The number of aliphatic imine (C=N–C) groups is 1. The van der Waals surface area contributed by atoms with Crippen molar-refractivity contribution in [3.63, 3.8) is 0 Å². The molecule has 1 amide bonds. The van der Waals surface area contributed by atoms with Crippen LogP contribution in [0.25, 0.3) is 5.69 Å². The first kappa shape index (κ1) is 20.0. The number of ether oxygens (including phenoxy) is 1. The van der Waals surface area contributed by atoms with Gasteiger partial charge in [-0.25, -0.2) is 18.4 Å². The molecule has 5 rings (SSSR count). The van der Waals surface area contributed by atoms with E-state index in [1.54, 1.807) is 6.07 Å². The zero-order valence-electron chi connectivity index (χ0n) is 15.7. The maximum atomic E-state index is 14.6. The Balaban J connectivity index is 1.66. The Labute approximate surface area is 184 Å². The van der Waals surface area contributed by atoms with Gasteiger partial charge in [-0.1, -0.05) is 29.3 Å². The van der Waals surface area contributed by atoms with Crippen molar-refractivity contribution in [3.8, 4) is 5.69 Å². The van der Waals surface area contributed by atoms with Crippen molar-refractivity contribution in [1.82, 2.24) is 20.1 Å². The summed E-state index contributed by atoms with van der Waals surface area (Å²) in [5, 5.41) is 7.30. The van der Waals surface area contributed by atoms with Crippen molar-refractivity contribution in [2.24, 2.45) is 4.99 Å². The molecule has 0 spiro atoms. The lowest BCUT2D eigenvalue weighted by atomic mass is 9.99. The van der Waals surface area contributed by atoms with Crippen LogP contribution in [-0.4, -0.2) is 45.6 Å². The molecule has 0 aliphatic carbocycles. The number of hydrogen-bond acceptors (Lipinski definition) is 5. The molecule has 11 heteroatoms. The van der Waals surface area contributed by atoms with Crippen LogP contribution in [0.5, 0.6) is 0 Å². The molecule has 2 aliphatic rings. The SMILES string of the molecule is O=C(NC1COC1)c1nc2n(n1)-c1ccc(Cl)c(Cl)c1C(c1c(F)cccc1F)=NC2. The number of nitrogens with one attached hydrogen (secondary N) is 1. The number of carbonyl (C=O) groups excluding carboxylic acids is 1. The fraction of sp³-hybridized carbons (Fsp3) is 0.200. The van der Waals surface area contributed by atoms with Crippen LogP contribution >= 0.6 is 23.2 Å². The first-order chi connectivity index (χ1) is 14.9. The van der Waals surface area contributed by atoms with Crippen LogP contribution in [0.4, 0.5) is 8.78 Å². The summed E-state index contributed by atoms with van der Waals surface area (Å²) in [6.07, 6.45) is 0. The highest BCUT2D eigenvalue weighted by atomic mass is 35.5. The average molecular weight is 464 g/mol. The number of hydrogen-bond donors (Lipinski definition) is 1. The third-order valence-electron chi connectivity index (χ3n) is 4.97. The Bertz CT molecular complexity index is 1240. The molecule has 2 aromatic carbocycles. The van der Waals surface area contributed by atoms with Gasteiger partial charge < -0.3 is 10.1 Å².